The molecule has 6 atom stereocenters. The molecule has 2 unspecified atom stereocenters. The number of phenols is 1. The van der Waals surface area contributed by atoms with Gasteiger partial charge in [0, 0.05) is 30.9 Å². The lowest BCUT2D eigenvalue weighted by molar-refractivity contribution is -0.170. The first-order valence-electron chi connectivity index (χ1n) is 11.6. The summed E-state index contributed by atoms with van der Waals surface area (Å²) in [4.78, 5) is 27.1. The second-order valence-corrected chi connectivity index (χ2v) is 10.2. The van der Waals surface area contributed by atoms with Gasteiger partial charge in [0.2, 0.25) is 0 Å². The predicted molar refractivity (Wildman–Crippen MR) is 118 cm³/mol. The van der Waals surface area contributed by atoms with Gasteiger partial charge in [0.15, 0.2) is 17.6 Å². The van der Waals surface area contributed by atoms with Crippen LogP contribution in [0.15, 0.2) is 24.0 Å². The number of ketones is 1. The van der Waals surface area contributed by atoms with Gasteiger partial charge in [0.25, 0.3) is 0 Å². The number of Topliss-reactive ketones (excluding diaryl/α,β-unsaturated/α-hetero) is 1. The van der Waals surface area contributed by atoms with Gasteiger partial charge in [-0.3, -0.25) is 9.59 Å². The zero-order chi connectivity index (χ0) is 23.7. The number of likely N-dealkylation sites (tertiary alicyclic amines) is 1. The third kappa shape index (κ3) is 3.07. The number of benzene rings is 1. The van der Waals surface area contributed by atoms with Gasteiger partial charge >= 0.3 is 5.97 Å². The first-order valence-corrected chi connectivity index (χ1v) is 11.6. The Morgan fingerprint density at radius 3 is 2.79 bits per heavy atom. The van der Waals surface area contributed by atoms with Crippen molar-refractivity contribution in [2.45, 2.75) is 75.2 Å². The molecule has 1 fully saturated rings. The van der Waals surface area contributed by atoms with Gasteiger partial charge in [-0.05, 0) is 51.1 Å². The number of piperidine rings is 1. The van der Waals surface area contributed by atoms with E-state index in [1.165, 1.54) is 6.92 Å². The van der Waals surface area contributed by atoms with E-state index < -0.39 is 35.1 Å². The lowest BCUT2D eigenvalue weighted by atomic mass is 9.50. The third-order valence-corrected chi connectivity index (χ3v) is 8.03. The Labute approximate surface area is 192 Å². The van der Waals surface area contributed by atoms with E-state index in [0.29, 0.717) is 30.8 Å². The predicted octanol–water partition coefficient (Wildman–Crippen LogP) is 1.58. The molecule has 2 aliphatic heterocycles. The van der Waals surface area contributed by atoms with E-state index in [9.17, 15) is 24.9 Å². The molecule has 178 valence electrons. The molecule has 2 heterocycles. The number of nitrogens with zero attached hydrogens (tertiary/aromatic N) is 1. The maximum atomic E-state index is 12.9. The maximum Gasteiger partial charge on any atom is 0.314 e. The molecule has 2 aliphatic carbocycles. The summed E-state index contributed by atoms with van der Waals surface area (Å²) in [5, 5.41) is 32.1. The number of aliphatic hydroxyl groups excluding tert-OH is 1. The molecule has 2 bridgehead atoms. The highest BCUT2D eigenvalue weighted by Gasteiger charge is 2.72. The molecular formula is C25H31NO7. The molecule has 4 aliphatic rings. The SMILES string of the molecule is C[C@H](CC(=O)C[C@@H](C)O)C(=O)OC1=CC[C@@]2(O)[C@H]3Cc4ccc(O)c5c4C2(CCN3C)C1O5. The fourth-order valence-electron chi connectivity index (χ4n) is 6.49. The van der Waals surface area contributed by atoms with Gasteiger partial charge in [0.1, 0.15) is 11.5 Å². The summed E-state index contributed by atoms with van der Waals surface area (Å²) in [7, 11) is 2.01. The number of carbonyl (C=O) groups excluding carboxylic acids is 2. The molecule has 1 aromatic carbocycles. The molecule has 1 spiro atoms. The molecule has 8 heteroatoms. The highest BCUT2D eigenvalue weighted by atomic mass is 16.6. The zero-order valence-corrected chi connectivity index (χ0v) is 19.2. The van der Waals surface area contributed by atoms with Crippen LogP contribution < -0.4 is 4.74 Å². The molecule has 5 rings (SSSR count). The fourth-order valence-corrected chi connectivity index (χ4v) is 6.49. The van der Waals surface area contributed by atoms with E-state index in [2.05, 4.69) is 4.90 Å². The Bertz CT molecular complexity index is 1050. The number of carbonyl (C=O) groups is 2. The van der Waals surface area contributed by atoms with Crippen molar-refractivity contribution in [2.75, 3.05) is 13.6 Å². The van der Waals surface area contributed by atoms with Crippen molar-refractivity contribution in [1.29, 1.82) is 0 Å². The zero-order valence-electron chi connectivity index (χ0n) is 19.2. The normalized spacial score (nSPS) is 33.4. The number of ether oxygens (including phenoxy) is 2. The van der Waals surface area contributed by atoms with E-state index >= 15 is 0 Å². The van der Waals surface area contributed by atoms with Crippen LogP contribution in [0.2, 0.25) is 0 Å². The minimum Gasteiger partial charge on any atom is -0.504 e. The van der Waals surface area contributed by atoms with Crippen LogP contribution in [0.3, 0.4) is 0 Å². The fraction of sp³-hybridized carbons (Fsp3) is 0.600. The van der Waals surface area contributed by atoms with Crippen molar-refractivity contribution in [3.8, 4) is 11.5 Å². The molecule has 33 heavy (non-hydrogen) atoms. The Kier molecular flexibility index (Phi) is 5.12. The van der Waals surface area contributed by atoms with Crippen molar-refractivity contribution in [3.63, 3.8) is 0 Å². The molecule has 8 nitrogen and oxygen atoms in total. The van der Waals surface area contributed by atoms with Gasteiger partial charge in [0.05, 0.1) is 23.0 Å². The Morgan fingerprint density at radius 1 is 1.30 bits per heavy atom. The first kappa shape index (κ1) is 22.4. The largest absolute Gasteiger partial charge is 0.504 e. The second kappa shape index (κ2) is 7.55. The maximum absolute atomic E-state index is 12.9. The molecule has 0 radical (unpaired) electrons. The van der Waals surface area contributed by atoms with Gasteiger partial charge in [-0.15, -0.1) is 0 Å². The number of esters is 1. The quantitative estimate of drug-likeness (QED) is 0.552. The summed E-state index contributed by atoms with van der Waals surface area (Å²) in [6, 6.07) is 3.40. The molecule has 3 N–H and O–H groups in total. The van der Waals surface area contributed by atoms with Crippen LogP contribution in [0.1, 0.15) is 50.7 Å². The molecular weight excluding hydrogens is 426 g/mol. The highest BCUT2D eigenvalue weighted by molar-refractivity contribution is 5.85. The van der Waals surface area contributed by atoms with Crippen LogP contribution >= 0.6 is 0 Å². The van der Waals surface area contributed by atoms with Crippen molar-refractivity contribution in [1.82, 2.24) is 4.90 Å². The Morgan fingerprint density at radius 2 is 2.06 bits per heavy atom. The monoisotopic (exact) mass is 457 g/mol. The topological polar surface area (TPSA) is 117 Å². The summed E-state index contributed by atoms with van der Waals surface area (Å²) in [5.74, 6) is -0.732. The van der Waals surface area contributed by atoms with E-state index in [-0.39, 0.29) is 30.4 Å². The Balaban J connectivity index is 1.48. The van der Waals surface area contributed by atoms with Crippen molar-refractivity contribution in [3.05, 3.63) is 35.1 Å². The molecule has 1 aromatic rings. The number of phenolic OH excluding ortho intramolecular Hbond substituents is 1. The summed E-state index contributed by atoms with van der Waals surface area (Å²) < 4.78 is 12.1. The van der Waals surface area contributed by atoms with Crippen molar-refractivity contribution >= 4 is 11.8 Å². The molecule has 1 saturated heterocycles. The molecule has 0 saturated carbocycles. The summed E-state index contributed by atoms with van der Waals surface area (Å²) >= 11 is 0. The third-order valence-electron chi connectivity index (χ3n) is 8.03. The standard InChI is InChI=1S/C25H31NO7/c1-13(10-16(28)11-14(2)27)23(30)32-18-6-7-25(31)19-12-15-4-5-17(29)21-20(15)24(25,22(18)33-21)8-9-26(19)3/h4-6,13-14,19,22,27,29,31H,7-12H2,1-3H3/t13-,14-,19-,22?,24?,25-/m1/s1. The van der Waals surface area contributed by atoms with Gasteiger partial charge < -0.3 is 29.7 Å². The number of hydrogen-bond donors (Lipinski definition) is 3. The highest BCUT2D eigenvalue weighted by Crippen LogP contribution is 2.65. The van der Waals surface area contributed by atoms with E-state index in [4.69, 9.17) is 9.47 Å². The van der Waals surface area contributed by atoms with Crippen LogP contribution in [0.4, 0.5) is 0 Å². The summed E-state index contributed by atoms with van der Waals surface area (Å²) in [6.07, 6.45) is 1.76. The number of rotatable bonds is 6. The number of aromatic hydroxyl groups is 1. The van der Waals surface area contributed by atoms with Crippen LogP contribution in [0.5, 0.6) is 11.5 Å². The second-order valence-electron chi connectivity index (χ2n) is 10.2. The average molecular weight is 458 g/mol. The van der Waals surface area contributed by atoms with Crippen LogP contribution in [0.25, 0.3) is 0 Å². The van der Waals surface area contributed by atoms with Crippen molar-refractivity contribution < 1.29 is 34.4 Å². The molecule has 0 amide bonds. The average Bonchev–Trinajstić information content (AvgIpc) is 3.09. The van der Waals surface area contributed by atoms with Crippen LogP contribution in [-0.4, -0.2) is 69.4 Å². The Hall–Kier alpha value is -2.42. The smallest absolute Gasteiger partial charge is 0.314 e. The van der Waals surface area contributed by atoms with E-state index in [1.54, 1.807) is 19.1 Å². The van der Waals surface area contributed by atoms with Crippen molar-refractivity contribution in [2.24, 2.45) is 5.92 Å². The van der Waals surface area contributed by atoms with Gasteiger partial charge in [-0.25, -0.2) is 0 Å². The first-order chi connectivity index (χ1) is 15.6. The minimum absolute atomic E-state index is 0.00549. The van der Waals surface area contributed by atoms with E-state index in [1.807, 2.05) is 13.1 Å². The lowest BCUT2D eigenvalue weighted by Gasteiger charge is -2.61. The molecule has 0 aromatic heterocycles. The number of hydrogen-bond acceptors (Lipinski definition) is 8. The van der Waals surface area contributed by atoms with Crippen LogP contribution in [0, 0.1) is 5.92 Å². The summed E-state index contributed by atoms with van der Waals surface area (Å²) in [5.41, 5.74) is -0.0649. The van der Waals surface area contributed by atoms with E-state index in [0.717, 1.165) is 17.7 Å². The van der Waals surface area contributed by atoms with Gasteiger partial charge in [-0.1, -0.05) is 13.0 Å². The van der Waals surface area contributed by atoms with Gasteiger partial charge in [-0.2, -0.15) is 0 Å². The lowest BCUT2D eigenvalue weighted by Crippen LogP contribution is -2.74. The number of likely N-dealkylation sites (N-methyl/N-ethyl adjacent to an activating group) is 1. The number of aliphatic hydroxyl groups is 2. The summed E-state index contributed by atoms with van der Waals surface area (Å²) in [6.45, 7) is 3.90. The minimum atomic E-state index is -1.12. The van der Waals surface area contributed by atoms with Crippen LogP contribution in [-0.2, 0) is 26.2 Å².